The molecule has 0 saturated carbocycles. The van der Waals surface area contributed by atoms with E-state index in [-0.39, 0.29) is 0 Å². The molecule has 0 aromatic heterocycles. The summed E-state index contributed by atoms with van der Waals surface area (Å²) in [6.45, 7) is 1.75. The van der Waals surface area contributed by atoms with E-state index >= 15 is 0 Å². The van der Waals surface area contributed by atoms with E-state index in [4.69, 9.17) is 0 Å². The Morgan fingerprint density at radius 3 is 2.81 bits per heavy atom. The predicted molar refractivity (Wildman–Crippen MR) is 65.9 cm³/mol. The lowest BCUT2D eigenvalue weighted by atomic mass is 10.2. The number of hydrogen-bond donors (Lipinski definition) is 1. The Labute approximate surface area is 96.2 Å². The lowest BCUT2D eigenvalue weighted by molar-refractivity contribution is 0.602. The van der Waals surface area contributed by atoms with Crippen LogP contribution in [0.2, 0.25) is 0 Å². The van der Waals surface area contributed by atoms with Gasteiger partial charge in [0.1, 0.15) is 0 Å². The minimum atomic E-state index is -3.17. The summed E-state index contributed by atoms with van der Waals surface area (Å²) in [6, 6.07) is 5.39. The van der Waals surface area contributed by atoms with E-state index in [2.05, 4.69) is 10.2 Å². The summed E-state index contributed by atoms with van der Waals surface area (Å²) in [7, 11) is -1.19. The monoisotopic (exact) mass is 240 g/mol. The standard InChI is InChI=1S/C11H16N2O2S/c1-13-8-4-7-12-11-9(13)5-3-6-10(11)16(2,14)15/h3,5-6,12H,4,7-8H2,1-2H3. The third-order valence-electron chi connectivity index (χ3n) is 2.79. The molecule has 88 valence electrons. The van der Waals surface area contributed by atoms with Gasteiger partial charge in [-0.1, -0.05) is 6.07 Å². The van der Waals surface area contributed by atoms with Crippen molar-refractivity contribution < 1.29 is 8.42 Å². The van der Waals surface area contributed by atoms with Gasteiger partial charge in [-0.15, -0.1) is 0 Å². The van der Waals surface area contributed by atoms with Crippen molar-refractivity contribution in [1.29, 1.82) is 0 Å². The van der Waals surface area contributed by atoms with Gasteiger partial charge in [-0.05, 0) is 18.6 Å². The van der Waals surface area contributed by atoms with Crippen LogP contribution in [0.4, 0.5) is 11.4 Å². The number of sulfone groups is 1. The zero-order valence-electron chi connectivity index (χ0n) is 9.53. The van der Waals surface area contributed by atoms with Crippen LogP contribution in [-0.2, 0) is 9.84 Å². The third kappa shape index (κ3) is 2.00. The highest BCUT2D eigenvalue weighted by atomic mass is 32.2. The van der Waals surface area contributed by atoms with Crippen molar-refractivity contribution in [2.75, 3.05) is 36.6 Å². The molecule has 1 heterocycles. The van der Waals surface area contributed by atoms with E-state index in [9.17, 15) is 8.42 Å². The second-order valence-corrected chi connectivity index (χ2v) is 6.11. The molecule has 0 bridgehead atoms. The Morgan fingerprint density at radius 2 is 2.12 bits per heavy atom. The molecule has 0 fully saturated rings. The molecule has 1 N–H and O–H groups in total. The lowest BCUT2D eigenvalue weighted by Crippen LogP contribution is -2.17. The van der Waals surface area contributed by atoms with Crippen molar-refractivity contribution in [3.05, 3.63) is 18.2 Å². The van der Waals surface area contributed by atoms with Crippen LogP contribution < -0.4 is 10.2 Å². The summed E-state index contributed by atoms with van der Waals surface area (Å²) in [5.74, 6) is 0. The van der Waals surface area contributed by atoms with Gasteiger partial charge in [0.15, 0.2) is 9.84 Å². The van der Waals surface area contributed by atoms with Gasteiger partial charge in [-0.25, -0.2) is 8.42 Å². The van der Waals surface area contributed by atoms with E-state index in [1.165, 1.54) is 6.26 Å². The van der Waals surface area contributed by atoms with E-state index < -0.39 is 9.84 Å². The molecule has 4 nitrogen and oxygen atoms in total. The number of nitrogens with one attached hydrogen (secondary N) is 1. The minimum Gasteiger partial charge on any atom is -0.382 e. The Bertz CT molecular complexity index is 497. The summed E-state index contributed by atoms with van der Waals surface area (Å²) >= 11 is 0. The number of nitrogens with zero attached hydrogens (tertiary/aromatic N) is 1. The number of rotatable bonds is 1. The quantitative estimate of drug-likeness (QED) is 0.805. The highest BCUT2D eigenvalue weighted by Crippen LogP contribution is 2.33. The van der Waals surface area contributed by atoms with Crippen molar-refractivity contribution in [2.45, 2.75) is 11.3 Å². The first kappa shape index (κ1) is 11.3. The Hall–Kier alpha value is -1.23. The van der Waals surface area contributed by atoms with Crippen LogP contribution in [0.15, 0.2) is 23.1 Å². The fourth-order valence-corrected chi connectivity index (χ4v) is 2.85. The Balaban J connectivity index is 2.62. The molecule has 0 aliphatic carbocycles. The summed E-state index contributed by atoms with van der Waals surface area (Å²) in [5.41, 5.74) is 1.70. The molecule has 0 spiro atoms. The molecule has 1 aliphatic rings. The van der Waals surface area contributed by atoms with Gasteiger partial charge < -0.3 is 10.2 Å². The van der Waals surface area contributed by atoms with Crippen LogP contribution >= 0.6 is 0 Å². The van der Waals surface area contributed by atoms with Gasteiger partial charge in [0.2, 0.25) is 0 Å². The number of anilines is 2. The second kappa shape index (κ2) is 3.97. The average molecular weight is 240 g/mol. The largest absolute Gasteiger partial charge is 0.382 e. The molecule has 16 heavy (non-hydrogen) atoms. The van der Waals surface area contributed by atoms with Crippen molar-refractivity contribution in [3.8, 4) is 0 Å². The smallest absolute Gasteiger partial charge is 0.177 e. The molecule has 0 unspecified atom stereocenters. The first-order valence-electron chi connectivity index (χ1n) is 5.28. The molecular weight excluding hydrogens is 224 g/mol. The number of para-hydroxylation sites is 1. The molecule has 1 aromatic rings. The molecule has 1 aliphatic heterocycles. The normalized spacial score (nSPS) is 16.2. The van der Waals surface area contributed by atoms with E-state index in [1.807, 2.05) is 13.1 Å². The van der Waals surface area contributed by atoms with Gasteiger partial charge in [-0.3, -0.25) is 0 Å². The zero-order chi connectivity index (χ0) is 11.8. The summed E-state index contributed by atoms with van der Waals surface area (Å²) in [6.07, 6.45) is 2.25. The maximum Gasteiger partial charge on any atom is 0.177 e. The topological polar surface area (TPSA) is 49.4 Å². The Morgan fingerprint density at radius 1 is 1.38 bits per heavy atom. The van der Waals surface area contributed by atoms with Crippen LogP contribution in [0.1, 0.15) is 6.42 Å². The first-order chi connectivity index (χ1) is 7.50. The van der Waals surface area contributed by atoms with E-state index in [1.54, 1.807) is 12.1 Å². The van der Waals surface area contributed by atoms with Crippen LogP contribution in [0.5, 0.6) is 0 Å². The van der Waals surface area contributed by atoms with Crippen LogP contribution in [-0.4, -0.2) is 34.8 Å². The van der Waals surface area contributed by atoms with Crippen LogP contribution in [0.25, 0.3) is 0 Å². The molecule has 1 aromatic carbocycles. The maximum absolute atomic E-state index is 11.7. The van der Waals surface area contributed by atoms with Crippen molar-refractivity contribution in [2.24, 2.45) is 0 Å². The van der Waals surface area contributed by atoms with Crippen molar-refractivity contribution in [3.63, 3.8) is 0 Å². The summed E-state index contributed by atoms with van der Waals surface area (Å²) in [4.78, 5) is 2.48. The van der Waals surface area contributed by atoms with Gasteiger partial charge in [0.25, 0.3) is 0 Å². The molecule has 0 radical (unpaired) electrons. The van der Waals surface area contributed by atoms with E-state index in [0.717, 1.165) is 30.9 Å². The van der Waals surface area contributed by atoms with Gasteiger partial charge >= 0.3 is 0 Å². The lowest BCUT2D eigenvalue weighted by Gasteiger charge is -2.20. The highest BCUT2D eigenvalue weighted by Gasteiger charge is 2.19. The Kier molecular flexibility index (Phi) is 2.80. The minimum absolute atomic E-state index is 0.388. The van der Waals surface area contributed by atoms with E-state index in [0.29, 0.717) is 4.90 Å². The molecule has 0 atom stereocenters. The molecule has 2 rings (SSSR count). The van der Waals surface area contributed by atoms with Gasteiger partial charge in [0, 0.05) is 26.4 Å². The fourth-order valence-electron chi connectivity index (χ4n) is 1.97. The SMILES string of the molecule is CN1CCCNc2c1cccc2S(C)(=O)=O. The predicted octanol–water partition coefficient (Wildman–Crippen LogP) is 1.34. The number of hydrogen-bond acceptors (Lipinski definition) is 4. The van der Waals surface area contributed by atoms with Crippen molar-refractivity contribution in [1.82, 2.24) is 0 Å². The first-order valence-corrected chi connectivity index (χ1v) is 7.17. The fraction of sp³-hybridized carbons (Fsp3) is 0.455. The van der Waals surface area contributed by atoms with Crippen molar-refractivity contribution >= 4 is 21.2 Å². The van der Waals surface area contributed by atoms with Gasteiger partial charge in [-0.2, -0.15) is 0 Å². The average Bonchev–Trinajstić information content (AvgIpc) is 2.39. The number of benzene rings is 1. The molecular formula is C11H16N2O2S. The van der Waals surface area contributed by atoms with Gasteiger partial charge in [0.05, 0.1) is 16.3 Å². The maximum atomic E-state index is 11.7. The molecule has 0 amide bonds. The second-order valence-electron chi connectivity index (χ2n) is 4.12. The summed E-state index contributed by atoms with van der Waals surface area (Å²) in [5, 5.41) is 3.21. The molecule has 0 saturated heterocycles. The van der Waals surface area contributed by atoms with Crippen LogP contribution in [0, 0.1) is 0 Å². The summed E-state index contributed by atoms with van der Waals surface area (Å²) < 4.78 is 23.3. The number of fused-ring (bicyclic) bond motifs is 1. The zero-order valence-corrected chi connectivity index (χ0v) is 10.3. The molecule has 5 heteroatoms. The van der Waals surface area contributed by atoms with Crippen LogP contribution in [0.3, 0.4) is 0 Å². The third-order valence-corrected chi connectivity index (χ3v) is 3.93. The highest BCUT2D eigenvalue weighted by molar-refractivity contribution is 7.90.